The first-order valence-electron chi connectivity index (χ1n) is 6.25. The highest BCUT2D eigenvalue weighted by Crippen LogP contribution is 2.24. The van der Waals surface area contributed by atoms with Crippen molar-refractivity contribution in [3.8, 4) is 0 Å². The summed E-state index contributed by atoms with van der Waals surface area (Å²) in [7, 11) is -6.00. The van der Waals surface area contributed by atoms with Crippen LogP contribution in [0.25, 0.3) is 0 Å². The first-order chi connectivity index (χ1) is 7.93. The van der Waals surface area contributed by atoms with Crippen LogP contribution in [0.5, 0.6) is 0 Å². The van der Waals surface area contributed by atoms with Gasteiger partial charge in [0.2, 0.25) is 8.32 Å². The van der Waals surface area contributed by atoms with E-state index in [1.165, 1.54) is 0 Å². The van der Waals surface area contributed by atoms with Gasteiger partial charge in [0, 0.05) is 0 Å². The van der Waals surface area contributed by atoms with Crippen molar-refractivity contribution in [2.24, 2.45) is 0 Å². The summed E-state index contributed by atoms with van der Waals surface area (Å²) in [5, 5.41) is 19.2. The van der Waals surface area contributed by atoms with E-state index in [4.69, 9.17) is 13.3 Å². The SMILES string of the molecule is C[Si](C)(C)O[Si](C)(C)O[Si](C)(C)/C(=C\CO)CO. The highest BCUT2D eigenvalue weighted by molar-refractivity contribution is 6.90. The van der Waals surface area contributed by atoms with Crippen LogP contribution in [0, 0.1) is 0 Å². The van der Waals surface area contributed by atoms with Gasteiger partial charge in [0.25, 0.3) is 0 Å². The van der Waals surface area contributed by atoms with Crippen LogP contribution in [0.1, 0.15) is 0 Å². The Morgan fingerprint density at radius 1 is 0.944 bits per heavy atom. The summed E-state index contributed by atoms with van der Waals surface area (Å²) in [5.41, 5.74) is 0. The van der Waals surface area contributed by atoms with Gasteiger partial charge in [-0.15, -0.1) is 0 Å². The lowest BCUT2D eigenvalue weighted by Gasteiger charge is -2.38. The maximum Gasteiger partial charge on any atom is 0.311 e. The summed E-state index contributed by atoms with van der Waals surface area (Å²) in [6.45, 7) is 14.5. The number of hydrogen-bond donors (Lipinski definition) is 2. The summed E-state index contributed by atoms with van der Waals surface area (Å²) < 4.78 is 12.4. The molecule has 0 heterocycles. The van der Waals surface area contributed by atoms with Crippen LogP contribution >= 0.6 is 0 Å². The minimum atomic E-state index is -2.19. The molecular weight excluding hydrogens is 280 g/mol. The average molecular weight is 309 g/mol. The minimum absolute atomic E-state index is 0.0583. The topological polar surface area (TPSA) is 58.9 Å². The molecule has 0 rings (SSSR count). The smallest absolute Gasteiger partial charge is 0.311 e. The van der Waals surface area contributed by atoms with Gasteiger partial charge in [-0.3, -0.25) is 0 Å². The second kappa shape index (κ2) is 6.60. The maximum atomic E-state index is 9.38. The lowest BCUT2D eigenvalue weighted by Crippen LogP contribution is -2.52. The van der Waals surface area contributed by atoms with E-state index in [0.717, 1.165) is 5.20 Å². The van der Waals surface area contributed by atoms with Crippen molar-refractivity contribution in [3.05, 3.63) is 11.3 Å². The van der Waals surface area contributed by atoms with Crippen LogP contribution in [0.15, 0.2) is 11.3 Å². The van der Waals surface area contributed by atoms with Crippen LogP contribution in [0.2, 0.25) is 45.8 Å². The molecule has 18 heavy (non-hydrogen) atoms. The lowest BCUT2D eigenvalue weighted by atomic mass is 10.5. The van der Waals surface area contributed by atoms with Gasteiger partial charge in [-0.25, -0.2) is 0 Å². The van der Waals surface area contributed by atoms with Crippen molar-refractivity contribution in [3.63, 3.8) is 0 Å². The second-order valence-electron chi connectivity index (χ2n) is 6.30. The summed E-state index contributed by atoms with van der Waals surface area (Å²) in [5.74, 6) is 0. The van der Waals surface area contributed by atoms with Crippen molar-refractivity contribution in [2.45, 2.75) is 45.8 Å². The van der Waals surface area contributed by atoms with E-state index in [1.54, 1.807) is 6.08 Å². The number of hydrogen-bond acceptors (Lipinski definition) is 4. The van der Waals surface area contributed by atoms with Gasteiger partial charge in [0.15, 0.2) is 8.32 Å². The molecule has 0 aromatic carbocycles. The predicted octanol–water partition coefficient (Wildman–Crippen LogP) is 2.21. The predicted molar refractivity (Wildman–Crippen MR) is 82.7 cm³/mol. The first kappa shape index (κ1) is 18.2. The number of aliphatic hydroxyl groups excluding tert-OH is 2. The summed E-state index contributed by atoms with van der Waals surface area (Å²) in [6, 6.07) is 0. The summed E-state index contributed by atoms with van der Waals surface area (Å²) in [4.78, 5) is 0. The third-order valence-electron chi connectivity index (χ3n) is 2.33. The fourth-order valence-electron chi connectivity index (χ4n) is 2.05. The molecule has 4 nitrogen and oxygen atoms in total. The van der Waals surface area contributed by atoms with Crippen LogP contribution < -0.4 is 0 Å². The number of rotatable bonds is 7. The van der Waals surface area contributed by atoms with E-state index in [2.05, 4.69) is 19.6 Å². The molecule has 0 aromatic rings. The van der Waals surface area contributed by atoms with Crippen molar-refractivity contribution in [1.29, 1.82) is 0 Å². The fraction of sp³-hybridized carbons (Fsp3) is 0.818. The van der Waals surface area contributed by atoms with Crippen molar-refractivity contribution < 1.29 is 18.4 Å². The van der Waals surface area contributed by atoms with Gasteiger partial charge in [-0.1, -0.05) is 6.08 Å². The van der Waals surface area contributed by atoms with Gasteiger partial charge in [0.05, 0.1) is 13.2 Å². The molecule has 0 saturated carbocycles. The molecular formula is C11H28O4Si3. The quantitative estimate of drug-likeness (QED) is 0.708. The molecule has 0 aliphatic rings. The number of aliphatic hydroxyl groups is 2. The van der Waals surface area contributed by atoms with E-state index in [1.807, 2.05) is 26.2 Å². The zero-order valence-corrected chi connectivity index (χ0v) is 15.7. The van der Waals surface area contributed by atoms with Crippen molar-refractivity contribution in [1.82, 2.24) is 0 Å². The molecule has 0 radical (unpaired) electrons. The van der Waals surface area contributed by atoms with Gasteiger partial charge in [-0.05, 0) is 51.0 Å². The van der Waals surface area contributed by atoms with Crippen LogP contribution in [-0.4, -0.2) is 48.6 Å². The molecule has 0 aliphatic heterocycles. The van der Waals surface area contributed by atoms with E-state index in [0.29, 0.717) is 0 Å². The summed E-state index contributed by atoms with van der Waals surface area (Å²) >= 11 is 0. The lowest BCUT2D eigenvalue weighted by molar-refractivity contribution is 0.319. The molecule has 108 valence electrons. The molecule has 0 aliphatic carbocycles. The molecule has 0 aromatic heterocycles. The Bertz CT molecular complexity index is 295. The molecule has 0 unspecified atom stereocenters. The zero-order valence-electron chi connectivity index (χ0n) is 12.7. The molecule has 0 spiro atoms. The Morgan fingerprint density at radius 3 is 1.78 bits per heavy atom. The van der Waals surface area contributed by atoms with E-state index < -0.39 is 25.2 Å². The van der Waals surface area contributed by atoms with Gasteiger partial charge >= 0.3 is 8.56 Å². The molecule has 0 saturated heterocycles. The van der Waals surface area contributed by atoms with E-state index in [-0.39, 0.29) is 13.2 Å². The Morgan fingerprint density at radius 2 is 1.44 bits per heavy atom. The van der Waals surface area contributed by atoms with Gasteiger partial charge < -0.3 is 18.4 Å². The molecule has 0 atom stereocenters. The minimum Gasteiger partial charge on any atom is -0.437 e. The van der Waals surface area contributed by atoms with Crippen LogP contribution in [0.4, 0.5) is 0 Å². The maximum absolute atomic E-state index is 9.38. The Kier molecular flexibility index (Phi) is 6.68. The van der Waals surface area contributed by atoms with E-state index >= 15 is 0 Å². The Labute approximate surface area is 114 Å². The average Bonchev–Trinajstić information content (AvgIpc) is 2.07. The third-order valence-corrected chi connectivity index (χ3v) is 12.7. The standard InChI is InChI=1S/C11H28O4Si3/c1-16(2,3)14-18(6,7)15-17(4,5)11(10-13)8-9-12/h8,12-13H,9-10H2,1-7H3/b11-8-. The van der Waals surface area contributed by atoms with E-state index in [9.17, 15) is 5.11 Å². The molecule has 0 bridgehead atoms. The molecule has 2 N–H and O–H groups in total. The Hall–Kier alpha value is 0.231. The van der Waals surface area contributed by atoms with Gasteiger partial charge in [0.1, 0.15) is 0 Å². The molecule has 7 heteroatoms. The highest BCUT2D eigenvalue weighted by atomic mass is 28.5. The largest absolute Gasteiger partial charge is 0.437 e. The monoisotopic (exact) mass is 308 g/mol. The zero-order chi connectivity index (χ0) is 14.6. The fourth-order valence-corrected chi connectivity index (χ4v) is 14.9. The highest BCUT2D eigenvalue weighted by Gasteiger charge is 2.39. The molecule has 0 fully saturated rings. The third kappa shape index (κ3) is 6.98. The Balaban J connectivity index is 4.89. The molecule has 0 amide bonds. The van der Waals surface area contributed by atoms with Crippen molar-refractivity contribution >= 4 is 25.2 Å². The van der Waals surface area contributed by atoms with Gasteiger partial charge in [-0.2, -0.15) is 0 Å². The first-order valence-corrected chi connectivity index (χ1v) is 15.4. The second-order valence-corrected chi connectivity index (χ2v) is 18.6. The van der Waals surface area contributed by atoms with Crippen LogP contribution in [-0.2, 0) is 8.23 Å². The van der Waals surface area contributed by atoms with Crippen molar-refractivity contribution in [2.75, 3.05) is 13.2 Å². The summed E-state index contributed by atoms with van der Waals surface area (Å²) in [6.07, 6.45) is 1.66. The van der Waals surface area contributed by atoms with Crippen LogP contribution in [0.3, 0.4) is 0 Å². The normalized spacial score (nSPS) is 15.1.